The van der Waals surface area contributed by atoms with Crippen LogP contribution in [-0.4, -0.2) is 28.0 Å². The van der Waals surface area contributed by atoms with Crippen molar-refractivity contribution in [1.29, 1.82) is 0 Å². The van der Waals surface area contributed by atoms with Crippen LogP contribution in [0.3, 0.4) is 0 Å². The summed E-state index contributed by atoms with van der Waals surface area (Å²) < 4.78 is 7.72. The number of aromatic nitrogens is 2. The molecular weight excluding hydrogens is 214 g/mol. The van der Waals surface area contributed by atoms with Crippen LogP contribution in [0.1, 0.15) is 46.6 Å². The maximum Gasteiger partial charge on any atom is 0.0728 e. The van der Waals surface area contributed by atoms with E-state index in [1.807, 2.05) is 10.9 Å². The quantitative estimate of drug-likeness (QED) is 0.878. The van der Waals surface area contributed by atoms with E-state index in [9.17, 15) is 0 Å². The normalized spacial score (nSPS) is 29.6. The van der Waals surface area contributed by atoms with Gasteiger partial charge in [-0.15, -0.1) is 0 Å². The van der Waals surface area contributed by atoms with Crippen LogP contribution in [0.4, 0.5) is 5.69 Å². The highest BCUT2D eigenvalue weighted by atomic mass is 16.5. The minimum absolute atomic E-state index is 0.344. The summed E-state index contributed by atoms with van der Waals surface area (Å²) in [4.78, 5) is 0. The van der Waals surface area contributed by atoms with E-state index in [4.69, 9.17) is 4.74 Å². The molecule has 0 saturated carbocycles. The Kier molecular flexibility index (Phi) is 3.72. The molecule has 0 amide bonds. The van der Waals surface area contributed by atoms with E-state index in [1.54, 1.807) is 0 Å². The number of rotatable bonds is 3. The molecule has 17 heavy (non-hydrogen) atoms. The molecule has 0 bridgehead atoms. The topological polar surface area (TPSA) is 39.1 Å². The fourth-order valence-electron chi connectivity index (χ4n) is 2.45. The standard InChI is InChI=1S/C13H23N3O/c1-9(2)16-8-13(7-14-16)15-12-5-10(3)17-11(4)6-12/h7-12,15H,5-6H2,1-4H3. The molecule has 0 aliphatic carbocycles. The molecule has 0 spiro atoms. The molecule has 2 heterocycles. The third-order valence-corrected chi connectivity index (χ3v) is 3.20. The van der Waals surface area contributed by atoms with E-state index >= 15 is 0 Å². The van der Waals surface area contributed by atoms with Crippen LogP contribution < -0.4 is 5.32 Å². The summed E-state index contributed by atoms with van der Waals surface area (Å²) in [5, 5.41) is 7.90. The van der Waals surface area contributed by atoms with Gasteiger partial charge < -0.3 is 10.1 Å². The van der Waals surface area contributed by atoms with Crippen molar-refractivity contribution >= 4 is 5.69 Å². The van der Waals surface area contributed by atoms with Crippen molar-refractivity contribution in [1.82, 2.24) is 9.78 Å². The van der Waals surface area contributed by atoms with Gasteiger partial charge in [-0.2, -0.15) is 5.10 Å². The van der Waals surface area contributed by atoms with Crippen LogP contribution in [-0.2, 0) is 4.74 Å². The zero-order valence-corrected chi connectivity index (χ0v) is 11.2. The van der Waals surface area contributed by atoms with E-state index in [0.717, 1.165) is 18.5 Å². The number of ether oxygens (including phenoxy) is 1. The highest BCUT2D eigenvalue weighted by molar-refractivity contribution is 5.39. The Morgan fingerprint density at radius 3 is 2.53 bits per heavy atom. The second kappa shape index (κ2) is 5.08. The highest BCUT2D eigenvalue weighted by Gasteiger charge is 2.24. The SMILES string of the molecule is CC1CC(Nc2cnn(C(C)C)c2)CC(C)O1. The second-order valence-electron chi connectivity index (χ2n) is 5.37. The van der Waals surface area contributed by atoms with Crippen molar-refractivity contribution in [2.24, 2.45) is 0 Å². The monoisotopic (exact) mass is 237 g/mol. The Hall–Kier alpha value is -1.03. The van der Waals surface area contributed by atoms with Crippen LogP contribution >= 0.6 is 0 Å². The van der Waals surface area contributed by atoms with Crippen molar-refractivity contribution in [2.45, 2.75) is 64.8 Å². The molecule has 0 radical (unpaired) electrons. The number of nitrogens with zero attached hydrogens (tertiary/aromatic N) is 2. The Morgan fingerprint density at radius 2 is 2.00 bits per heavy atom. The minimum atomic E-state index is 0.344. The fourth-order valence-corrected chi connectivity index (χ4v) is 2.45. The lowest BCUT2D eigenvalue weighted by Gasteiger charge is -2.32. The van der Waals surface area contributed by atoms with Crippen LogP contribution in [0.25, 0.3) is 0 Å². The third kappa shape index (κ3) is 3.22. The first-order chi connectivity index (χ1) is 8.04. The van der Waals surface area contributed by atoms with Gasteiger partial charge in [0.15, 0.2) is 0 Å². The predicted molar refractivity (Wildman–Crippen MR) is 69.3 cm³/mol. The Bertz CT molecular complexity index is 351. The summed E-state index contributed by atoms with van der Waals surface area (Å²) in [5.74, 6) is 0. The summed E-state index contributed by atoms with van der Waals surface area (Å²) in [6.07, 6.45) is 6.81. The maximum atomic E-state index is 5.74. The van der Waals surface area contributed by atoms with Gasteiger partial charge in [-0.3, -0.25) is 4.68 Å². The number of nitrogens with one attached hydrogen (secondary N) is 1. The van der Waals surface area contributed by atoms with Crippen molar-refractivity contribution in [3.63, 3.8) is 0 Å². The number of anilines is 1. The van der Waals surface area contributed by atoms with E-state index in [-0.39, 0.29) is 0 Å². The molecule has 2 unspecified atom stereocenters. The van der Waals surface area contributed by atoms with Gasteiger partial charge >= 0.3 is 0 Å². The Balaban J connectivity index is 1.95. The first-order valence-corrected chi connectivity index (χ1v) is 6.50. The maximum absolute atomic E-state index is 5.74. The molecule has 1 aliphatic heterocycles. The van der Waals surface area contributed by atoms with Crippen molar-refractivity contribution in [2.75, 3.05) is 5.32 Å². The second-order valence-corrected chi connectivity index (χ2v) is 5.37. The molecule has 1 aliphatic rings. The Morgan fingerprint density at radius 1 is 1.35 bits per heavy atom. The van der Waals surface area contributed by atoms with Crippen LogP contribution in [0.5, 0.6) is 0 Å². The molecule has 1 fully saturated rings. The van der Waals surface area contributed by atoms with Gasteiger partial charge in [0, 0.05) is 18.3 Å². The van der Waals surface area contributed by atoms with Gasteiger partial charge in [0.1, 0.15) is 0 Å². The molecule has 1 N–H and O–H groups in total. The molecule has 1 saturated heterocycles. The van der Waals surface area contributed by atoms with Crippen LogP contribution in [0, 0.1) is 0 Å². The van der Waals surface area contributed by atoms with Gasteiger partial charge in [0.05, 0.1) is 24.1 Å². The molecule has 2 atom stereocenters. The largest absolute Gasteiger partial charge is 0.380 e. The lowest BCUT2D eigenvalue weighted by atomic mass is 10.00. The summed E-state index contributed by atoms with van der Waals surface area (Å²) >= 11 is 0. The van der Waals surface area contributed by atoms with Crippen LogP contribution in [0.2, 0.25) is 0 Å². The third-order valence-electron chi connectivity index (χ3n) is 3.20. The summed E-state index contributed by atoms with van der Waals surface area (Å²) in [6.45, 7) is 8.55. The van der Waals surface area contributed by atoms with Gasteiger partial charge in [-0.05, 0) is 40.5 Å². The van der Waals surface area contributed by atoms with E-state index < -0.39 is 0 Å². The highest BCUT2D eigenvalue weighted by Crippen LogP contribution is 2.22. The van der Waals surface area contributed by atoms with Crippen molar-refractivity contribution < 1.29 is 4.74 Å². The molecule has 4 heteroatoms. The van der Waals surface area contributed by atoms with Gasteiger partial charge in [-0.25, -0.2) is 0 Å². The molecule has 0 aromatic carbocycles. The fraction of sp³-hybridized carbons (Fsp3) is 0.769. The molecule has 1 aromatic heterocycles. The zero-order chi connectivity index (χ0) is 12.4. The molecule has 1 aromatic rings. The van der Waals surface area contributed by atoms with Crippen molar-refractivity contribution in [3.8, 4) is 0 Å². The smallest absolute Gasteiger partial charge is 0.0728 e. The number of hydrogen-bond donors (Lipinski definition) is 1. The summed E-state index contributed by atoms with van der Waals surface area (Å²) in [5.41, 5.74) is 1.12. The van der Waals surface area contributed by atoms with Crippen LogP contribution in [0.15, 0.2) is 12.4 Å². The molecule has 2 rings (SSSR count). The van der Waals surface area contributed by atoms with Gasteiger partial charge in [-0.1, -0.05) is 0 Å². The average molecular weight is 237 g/mol. The number of hydrogen-bond acceptors (Lipinski definition) is 3. The van der Waals surface area contributed by atoms with E-state index in [0.29, 0.717) is 24.3 Å². The summed E-state index contributed by atoms with van der Waals surface area (Å²) in [7, 11) is 0. The van der Waals surface area contributed by atoms with Gasteiger partial charge in [0.25, 0.3) is 0 Å². The lowest BCUT2D eigenvalue weighted by Crippen LogP contribution is -2.36. The minimum Gasteiger partial charge on any atom is -0.380 e. The zero-order valence-electron chi connectivity index (χ0n) is 11.2. The summed E-state index contributed by atoms with van der Waals surface area (Å²) in [6, 6.07) is 0.914. The van der Waals surface area contributed by atoms with E-state index in [1.165, 1.54) is 0 Å². The predicted octanol–water partition coefficient (Wildman–Crippen LogP) is 2.83. The molecule has 96 valence electrons. The van der Waals surface area contributed by atoms with Gasteiger partial charge in [0.2, 0.25) is 0 Å². The van der Waals surface area contributed by atoms with Crippen molar-refractivity contribution in [3.05, 3.63) is 12.4 Å². The Labute approximate surface area is 103 Å². The average Bonchev–Trinajstić information content (AvgIpc) is 2.64. The first kappa shape index (κ1) is 12.4. The lowest BCUT2D eigenvalue weighted by molar-refractivity contribution is -0.0337. The molecular formula is C13H23N3O. The van der Waals surface area contributed by atoms with E-state index in [2.05, 4.69) is 44.3 Å². The molecule has 4 nitrogen and oxygen atoms in total. The first-order valence-electron chi connectivity index (χ1n) is 6.50.